The molecule has 7 heteroatoms. The van der Waals surface area contributed by atoms with Gasteiger partial charge in [0.2, 0.25) is 0 Å². The summed E-state index contributed by atoms with van der Waals surface area (Å²) in [5.74, 6) is 0.798. The third kappa shape index (κ3) is 3.75. The Balaban J connectivity index is 1.81. The van der Waals surface area contributed by atoms with E-state index in [1.54, 1.807) is 54.4 Å². The van der Waals surface area contributed by atoms with Gasteiger partial charge < -0.3 is 14.8 Å². The Morgan fingerprint density at radius 3 is 2.68 bits per heavy atom. The second kappa shape index (κ2) is 7.27. The van der Waals surface area contributed by atoms with Gasteiger partial charge in [-0.2, -0.15) is 5.10 Å². The molecule has 6 nitrogen and oxygen atoms in total. The molecule has 3 aromatic rings. The van der Waals surface area contributed by atoms with Crippen LogP contribution in [0.15, 0.2) is 54.7 Å². The lowest BCUT2D eigenvalue weighted by Gasteiger charge is -2.10. The van der Waals surface area contributed by atoms with E-state index >= 15 is 0 Å². The fraction of sp³-hybridized carbons (Fsp3) is 0.111. The lowest BCUT2D eigenvalue weighted by Crippen LogP contribution is -2.14. The van der Waals surface area contributed by atoms with Crippen LogP contribution in [0.25, 0.3) is 5.69 Å². The minimum atomic E-state index is -0.343. The van der Waals surface area contributed by atoms with E-state index in [4.69, 9.17) is 21.1 Å². The first-order valence-corrected chi connectivity index (χ1v) is 7.83. The van der Waals surface area contributed by atoms with Gasteiger partial charge in [0.25, 0.3) is 5.91 Å². The molecule has 0 atom stereocenters. The molecule has 1 aromatic heterocycles. The maximum absolute atomic E-state index is 12.4. The summed E-state index contributed by atoms with van der Waals surface area (Å²) in [7, 11) is 3.09. The number of hydrogen-bond donors (Lipinski definition) is 1. The normalized spacial score (nSPS) is 10.4. The average molecular weight is 358 g/mol. The number of nitrogens with zero attached hydrogens (tertiary/aromatic N) is 2. The summed E-state index contributed by atoms with van der Waals surface area (Å²) in [4.78, 5) is 12.4. The first-order chi connectivity index (χ1) is 12.1. The van der Waals surface area contributed by atoms with Gasteiger partial charge >= 0.3 is 0 Å². The van der Waals surface area contributed by atoms with Crippen LogP contribution in [0.4, 0.5) is 5.69 Å². The SMILES string of the molecule is COc1ccc(NC(=O)c2ccn(-c3cccc(Cl)c3)n2)c(OC)c1. The molecule has 0 fully saturated rings. The molecule has 2 aromatic carbocycles. The summed E-state index contributed by atoms with van der Waals surface area (Å²) in [5, 5.41) is 7.67. The van der Waals surface area contributed by atoms with Gasteiger partial charge in [-0.1, -0.05) is 17.7 Å². The summed E-state index contributed by atoms with van der Waals surface area (Å²) in [6.07, 6.45) is 1.70. The van der Waals surface area contributed by atoms with E-state index in [1.807, 2.05) is 12.1 Å². The number of hydrogen-bond acceptors (Lipinski definition) is 4. The predicted molar refractivity (Wildman–Crippen MR) is 96.1 cm³/mol. The van der Waals surface area contributed by atoms with E-state index < -0.39 is 0 Å². The highest BCUT2D eigenvalue weighted by Gasteiger charge is 2.14. The molecule has 0 aliphatic heterocycles. The van der Waals surface area contributed by atoms with Crippen LogP contribution in [0, 0.1) is 0 Å². The molecule has 0 aliphatic carbocycles. The number of ether oxygens (including phenoxy) is 2. The number of nitrogens with one attached hydrogen (secondary N) is 1. The van der Waals surface area contributed by atoms with Gasteiger partial charge in [0, 0.05) is 17.3 Å². The molecule has 1 amide bonds. The lowest BCUT2D eigenvalue weighted by atomic mass is 10.2. The average Bonchev–Trinajstić information content (AvgIpc) is 3.12. The monoisotopic (exact) mass is 357 g/mol. The summed E-state index contributed by atoms with van der Waals surface area (Å²) in [6.45, 7) is 0. The van der Waals surface area contributed by atoms with Gasteiger partial charge in [0.1, 0.15) is 11.5 Å². The van der Waals surface area contributed by atoms with Crippen LogP contribution >= 0.6 is 11.6 Å². The van der Waals surface area contributed by atoms with Crippen molar-refractivity contribution in [1.82, 2.24) is 9.78 Å². The Morgan fingerprint density at radius 2 is 1.96 bits per heavy atom. The second-order valence-electron chi connectivity index (χ2n) is 5.15. The van der Waals surface area contributed by atoms with E-state index in [0.717, 1.165) is 5.69 Å². The lowest BCUT2D eigenvalue weighted by molar-refractivity contribution is 0.102. The number of anilines is 1. The van der Waals surface area contributed by atoms with Gasteiger partial charge in [0.15, 0.2) is 5.69 Å². The molecule has 25 heavy (non-hydrogen) atoms. The molecule has 0 bridgehead atoms. The van der Waals surface area contributed by atoms with E-state index in [1.165, 1.54) is 7.11 Å². The van der Waals surface area contributed by atoms with Crippen molar-refractivity contribution < 1.29 is 14.3 Å². The number of rotatable bonds is 5. The van der Waals surface area contributed by atoms with Gasteiger partial charge in [-0.15, -0.1) is 0 Å². The summed E-state index contributed by atoms with van der Waals surface area (Å²) < 4.78 is 12.0. The maximum Gasteiger partial charge on any atom is 0.276 e. The predicted octanol–water partition coefficient (Wildman–Crippen LogP) is 3.80. The van der Waals surface area contributed by atoms with Crippen molar-refractivity contribution in [1.29, 1.82) is 0 Å². The maximum atomic E-state index is 12.4. The molecule has 1 heterocycles. The molecule has 0 aliphatic rings. The van der Waals surface area contributed by atoms with Crippen LogP contribution in [0.1, 0.15) is 10.5 Å². The highest BCUT2D eigenvalue weighted by molar-refractivity contribution is 6.30. The zero-order valence-electron chi connectivity index (χ0n) is 13.7. The van der Waals surface area contributed by atoms with Gasteiger partial charge in [-0.25, -0.2) is 4.68 Å². The van der Waals surface area contributed by atoms with Crippen molar-refractivity contribution in [3.8, 4) is 17.2 Å². The summed E-state index contributed by atoms with van der Waals surface area (Å²) >= 11 is 5.98. The molecular weight excluding hydrogens is 342 g/mol. The number of benzene rings is 2. The largest absolute Gasteiger partial charge is 0.497 e. The molecule has 0 spiro atoms. The van der Waals surface area contributed by atoms with Crippen LogP contribution in [0.5, 0.6) is 11.5 Å². The van der Waals surface area contributed by atoms with Crippen molar-refractivity contribution in [2.45, 2.75) is 0 Å². The van der Waals surface area contributed by atoms with E-state index in [2.05, 4.69) is 10.4 Å². The first kappa shape index (κ1) is 16.9. The Hall–Kier alpha value is -2.99. The molecule has 0 saturated heterocycles. The van der Waals surface area contributed by atoms with E-state index in [-0.39, 0.29) is 11.6 Å². The quantitative estimate of drug-likeness (QED) is 0.754. The number of amides is 1. The van der Waals surface area contributed by atoms with Crippen LogP contribution < -0.4 is 14.8 Å². The molecule has 1 N–H and O–H groups in total. The molecule has 128 valence electrons. The Kier molecular flexibility index (Phi) is 4.90. The zero-order chi connectivity index (χ0) is 17.8. The standard InChI is InChI=1S/C18H16ClN3O3/c1-24-14-6-7-15(17(11-14)25-2)20-18(23)16-8-9-22(21-16)13-5-3-4-12(19)10-13/h3-11H,1-2H3,(H,20,23). The van der Waals surface area contributed by atoms with Crippen molar-refractivity contribution in [2.24, 2.45) is 0 Å². The number of carbonyl (C=O) groups excluding carboxylic acids is 1. The molecule has 3 rings (SSSR count). The minimum Gasteiger partial charge on any atom is -0.497 e. The van der Waals surface area contributed by atoms with Gasteiger partial charge in [-0.05, 0) is 36.4 Å². The molecule has 0 unspecified atom stereocenters. The fourth-order valence-electron chi connectivity index (χ4n) is 2.30. The van der Waals surface area contributed by atoms with Crippen molar-refractivity contribution in [3.63, 3.8) is 0 Å². The third-order valence-electron chi connectivity index (χ3n) is 3.55. The van der Waals surface area contributed by atoms with Crippen molar-refractivity contribution in [3.05, 3.63) is 65.4 Å². The second-order valence-corrected chi connectivity index (χ2v) is 5.58. The number of methoxy groups -OCH3 is 2. The minimum absolute atomic E-state index is 0.276. The van der Waals surface area contributed by atoms with Crippen molar-refractivity contribution >= 4 is 23.2 Å². The third-order valence-corrected chi connectivity index (χ3v) is 3.79. The highest BCUT2D eigenvalue weighted by atomic mass is 35.5. The molecule has 0 saturated carbocycles. The summed E-state index contributed by atoms with van der Waals surface area (Å²) in [5.41, 5.74) is 1.58. The number of halogens is 1. The Bertz CT molecular complexity index is 908. The number of aromatic nitrogens is 2. The van der Waals surface area contributed by atoms with E-state index in [9.17, 15) is 4.79 Å². The van der Waals surface area contributed by atoms with Crippen LogP contribution in [-0.4, -0.2) is 29.9 Å². The Morgan fingerprint density at radius 1 is 1.12 bits per heavy atom. The van der Waals surface area contributed by atoms with Crippen LogP contribution in [0.2, 0.25) is 5.02 Å². The molecule has 0 radical (unpaired) electrons. The Labute approximate surface area is 149 Å². The van der Waals surface area contributed by atoms with Crippen molar-refractivity contribution in [2.75, 3.05) is 19.5 Å². The smallest absolute Gasteiger partial charge is 0.276 e. The first-order valence-electron chi connectivity index (χ1n) is 7.45. The zero-order valence-corrected chi connectivity index (χ0v) is 14.4. The summed E-state index contributed by atoms with van der Waals surface area (Å²) in [6, 6.07) is 14.0. The van der Waals surface area contributed by atoms with Crippen LogP contribution in [-0.2, 0) is 0 Å². The molecular formula is C18H16ClN3O3. The van der Waals surface area contributed by atoms with Gasteiger partial charge in [0.05, 0.1) is 25.6 Å². The van der Waals surface area contributed by atoms with Crippen LogP contribution in [0.3, 0.4) is 0 Å². The fourth-order valence-corrected chi connectivity index (χ4v) is 2.48. The topological polar surface area (TPSA) is 65.4 Å². The number of carbonyl (C=O) groups is 1. The highest BCUT2D eigenvalue weighted by Crippen LogP contribution is 2.29. The van der Waals surface area contributed by atoms with Gasteiger partial charge in [-0.3, -0.25) is 4.79 Å². The van der Waals surface area contributed by atoms with E-state index in [0.29, 0.717) is 22.2 Å².